The first kappa shape index (κ1) is 12.3. The summed E-state index contributed by atoms with van der Waals surface area (Å²) in [6.45, 7) is 0. The van der Waals surface area contributed by atoms with Gasteiger partial charge in [0.05, 0.1) is 5.56 Å². The number of hydrogen-bond acceptors (Lipinski definition) is 4. The van der Waals surface area contributed by atoms with E-state index in [1.165, 1.54) is 11.8 Å². The fourth-order valence-corrected chi connectivity index (χ4v) is 3.14. The highest BCUT2D eigenvalue weighted by atomic mass is 79.9. The van der Waals surface area contributed by atoms with Gasteiger partial charge in [-0.2, -0.15) is 5.26 Å². The Labute approximate surface area is 122 Å². The second-order valence-electron chi connectivity index (χ2n) is 3.77. The van der Waals surface area contributed by atoms with Crippen molar-refractivity contribution in [3.63, 3.8) is 0 Å². The molecule has 0 aliphatic rings. The van der Waals surface area contributed by atoms with Crippen LogP contribution >= 0.6 is 27.7 Å². The van der Waals surface area contributed by atoms with Crippen molar-refractivity contribution in [2.75, 3.05) is 0 Å². The molecule has 0 N–H and O–H groups in total. The Morgan fingerprint density at radius 2 is 2.00 bits per heavy atom. The van der Waals surface area contributed by atoms with E-state index >= 15 is 0 Å². The zero-order valence-corrected chi connectivity index (χ0v) is 12.0. The monoisotopic (exact) mass is 330 g/mol. The zero-order chi connectivity index (χ0) is 13.2. The topological polar surface area (TPSA) is 49.8 Å². The van der Waals surface area contributed by atoms with Gasteiger partial charge in [0.25, 0.3) is 5.22 Å². The molecule has 92 valence electrons. The normalized spacial score (nSPS) is 10.5. The number of oxazole rings is 1. The van der Waals surface area contributed by atoms with Crippen LogP contribution in [0.5, 0.6) is 0 Å². The first-order chi connectivity index (χ1) is 9.28. The highest BCUT2D eigenvalue weighted by Crippen LogP contribution is 2.34. The van der Waals surface area contributed by atoms with E-state index in [2.05, 4.69) is 27.0 Å². The van der Waals surface area contributed by atoms with E-state index in [9.17, 15) is 5.26 Å². The van der Waals surface area contributed by atoms with Gasteiger partial charge in [-0.25, -0.2) is 4.98 Å². The van der Waals surface area contributed by atoms with Crippen LogP contribution in [-0.2, 0) is 0 Å². The van der Waals surface area contributed by atoms with Crippen molar-refractivity contribution in [2.45, 2.75) is 10.1 Å². The molecular formula is C14H7BrN2OS. The summed E-state index contributed by atoms with van der Waals surface area (Å²) in [5.74, 6) is 0. The van der Waals surface area contributed by atoms with Crippen LogP contribution in [0.2, 0.25) is 0 Å². The number of nitriles is 1. The third-order valence-corrected chi connectivity index (χ3v) is 4.13. The van der Waals surface area contributed by atoms with Crippen molar-refractivity contribution >= 4 is 38.8 Å². The first-order valence-corrected chi connectivity index (χ1v) is 7.11. The molecule has 0 aliphatic carbocycles. The summed E-state index contributed by atoms with van der Waals surface area (Å²) in [5.41, 5.74) is 2.16. The van der Waals surface area contributed by atoms with Crippen molar-refractivity contribution in [1.29, 1.82) is 5.26 Å². The number of halogens is 1. The van der Waals surface area contributed by atoms with E-state index in [-0.39, 0.29) is 0 Å². The predicted octanol–water partition coefficient (Wildman–Crippen LogP) is 4.61. The lowest BCUT2D eigenvalue weighted by Gasteiger charge is -2.01. The summed E-state index contributed by atoms with van der Waals surface area (Å²) in [4.78, 5) is 5.21. The SMILES string of the molecule is N#Cc1c(Br)cccc1Sc1nc2ccccc2o1. The van der Waals surface area contributed by atoms with Gasteiger partial charge in [-0.3, -0.25) is 0 Å². The van der Waals surface area contributed by atoms with Crippen LogP contribution in [0.25, 0.3) is 11.1 Å². The first-order valence-electron chi connectivity index (χ1n) is 5.50. The quantitative estimate of drug-likeness (QED) is 0.688. The van der Waals surface area contributed by atoms with Crippen LogP contribution in [0.3, 0.4) is 0 Å². The summed E-state index contributed by atoms with van der Waals surface area (Å²) >= 11 is 4.72. The molecule has 0 saturated carbocycles. The van der Waals surface area contributed by atoms with Crippen LogP contribution in [0.4, 0.5) is 0 Å². The van der Waals surface area contributed by atoms with Gasteiger partial charge in [0.1, 0.15) is 11.6 Å². The molecule has 1 heterocycles. The molecule has 0 fully saturated rings. The van der Waals surface area contributed by atoms with Crippen LogP contribution < -0.4 is 0 Å². The van der Waals surface area contributed by atoms with Crippen molar-refractivity contribution < 1.29 is 4.42 Å². The minimum absolute atomic E-state index is 0.538. The van der Waals surface area contributed by atoms with Crippen LogP contribution in [-0.4, -0.2) is 4.98 Å². The number of nitrogens with zero attached hydrogens (tertiary/aromatic N) is 2. The molecular weight excluding hydrogens is 324 g/mol. The van der Waals surface area contributed by atoms with Gasteiger partial charge in [-0.15, -0.1) is 0 Å². The maximum atomic E-state index is 9.17. The Bertz CT molecular complexity index is 758. The van der Waals surface area contributed by atoms with Gasteiger partial charge in [0, 0.05) is 9.37 Å². The van der Waals surface area contributed by atoms with E-state index in [4.69, 9.17) is 4.42 Å². The molecule has 0 unspecified atom stereocenters. The fraction of sp³-hybridized carbons (Fsp3) is 0. The Hall–Kier alpha value is -1.77. The molecule has 19 heavy (non-hydrogen) atoms. The van der Waals surface area contributed by atoms with Gasteiger partial charge < -0.3 is 4.42 Å². The fourth-order valence-electron chi connectivity index (χ4n) is 1.69. The molecule has 0 saturated heterocycles. The average Bonchev–Trinajstić information content (AvgIpc) is 2.81. The second-order valence-corrected chi connectivity index (χ2v) is 5.62. The van der Waals surface area contributed by atoms with Gasteiger partial charge in [0.15, 0.2) is 5.58 Å². The molecule has 3 rings (SSSR count). The van der Waals surface area contributed by atoms with E-state index in [0.29, 0.717) is 10.8 Å². The Kier molecular flexibility index (Phi) is 3.28. The number of benzene rings is 2. The Balaban J connectivity index is 2.02. The smallest absolute Gasteiger partial charge is 0.261 e. The van der Waals surface area contributed by atoms with Gasteiger partial charge >= 0.3 is 0 Å². The summed E-state index contributed by atoms with van der Waals surface area (Å²) < 4.78 is 6.41. The molecule has 0 bridgehead atoms. The maximum absolute atomic E-state index is 9.17. The summed E-state index contributed by atoms with van der Waals surface area (Å²) in [6.07, 6.45) is 0. The van der Waals surface area contributed by atoms with Crippen LogP contribution in [0.1, 0.15) is 5.56 Å². The molecule has 0 spiro atoms. The summed E-state index contributed by atoms with van der Waals surface area (Å²) in [6, 6.07) is 15.4. The van der Waals surface area contributed by atoms with Crippen molar-refractivity contribution in [3.8, 4) is 6.07 Å². The molecule has 0 atom stereocenters. The predicted molar refractivity (Wildman–Crippen MR) is 77.0 cm³/mol. The van der Waals surface area contributed by atoms with Gasteiger partial charge in [0.2, 0.25) is 0 Å². The van der Waals surface area contributed by atoms with Crippen molar-refractivity contribution in [3.05, 3.63) is 52.5 Å². The molecule has 0 amide bonds. The summed E-state index contributed by atoms with van der Waals surface area (Å²) in [5, 5.41) is 9.71. The van der Waals surface area contributed by atoms with E-state index in [1.807, 2.05) is 42.5 Å². The molecule has 0 radical (unpaired) electrons. The third kappa shape index (κ3) is 2.37. The third-order valence-electron chi connectivity index (χ3n) is 2.56. The number of para-hydroxylation sites is 2. The minimum atomic E-state index is 0.538. The molecule has 3 nitrogen and oxygen atoms in total. The van der Waals surface area contributed by atoms with E-state index in [1.54, 1.807) is 0 Å². The molecule has 0 aliphatic heterocycles. The maximum Gasteiger partial charge on any atom is 0.261 e. The minimum Gasteiger partial charge on any atom is -0.431 e. The standard InChI is InChI=1S/C14H7BrN2OS/c15-10-4-3-7-13(9(10)8-16)19-14-17-11-5-1-2-6-12(11)18-14/h1-7H. The van der Waals surface area contributed by atoms with Crippen LogP contribution in [0.15, 0.2) is 61.5 Å². The average molecular weight is 331 g/mol. The van der Waals surface area contributed by atoms with Crippen molar-refractivity contribution in [2.24, 2.45) is 0 Å². The highest BCUT2D eigenvalue weighted by Gasteiger charge is 2.11. The second kappa shape index (κ2) is 5.08. The van der Waals surface area contributed by atoms with Crippen LogP contribution in [0, 0.1) is 11.3 Å². The largest absolute Gasteiger partial charge is 0.431 e. The molecule has 2 aromatic carbocycles. The van der Waals surface area contributed by atoms with Gasteiger partial charge in [-0.1, -0.05) is 18.2 Å². The van der Waals surface area contributed by atoms with Gasteiger partial charge in [-0.05, 0) is 52.0 Å². The lowest BCUT2D eigenvalue weighted by molar-refractivity contribution is 0.489. The lowest BCUT2D eigenvalue weighted by atomic mass is 10.2. The summed E-state index contributed by atoms with van der Waals surface area (Å²) in [7, 11) is 0. The lowest BCUT2D eigenvalue weighted by Crippen LogP contribution is -1.82. The Morgan fingerprint density at radius 3 is 2.79 bits per heavy atom. The number of aromatic nitrogens is 1. The van der Waals surface area contributed by atoms with E-state index in [0.717, 1.165) is 20.5 Å². The molecule has 5 heteroatoms. The molecule has 1 aromatic heterocycles. The Morgan fingerprint density at radius 1 is 1.16 bits per heavy atom. The van der Waals surface area contributed by atoms with Crippen molar-refractivity contribution in [1.82, 2.24) is 4.98 Å². The highest BCUT2D eigenvalue weighted by molar-refractivity contribution is 9.10. The number of fused-ring (bicyclic) bond motifs is 1. The van der Waals surface area contributed by atoms with E-state index < -0.39 is 0 Å². The number of rotatable bonds is 2. The zero-order valence-electron chi connectivity index (χ0n) is 9.63. The molecule has 3 aromatic rings. The number of hydrogen-bond donors (Lipinski definition) is 0.